The minimum absolute atomic E-state index is 0.257. The van der Waals surface area contributed by atoms with Crippen LogP contribution in [0, 0.1) is 0 Å². The molecule has 1 fully saturated rings. The van der Waals surface area contributed by atoms with E-state index < -0.39 is 31.5 Å². The molecule has 0 radical (unpaired) electrons. The van der Waals surface area contributed by atoms with E-state index in [4.69, 9.17) is 16.2 Å². The second-order valence-electron chi connectivity index (χ2n) is 4.90. The number of aryl methyl sites for hydroxylation is 1. The number of nitrogens with one attached hydrogen (secondary N) is 1. The lowest BCUT2D eigenvalue weighted by atomic mass is 9.86. The van der Waals surface area contributed by atoms with Crippen molar-refractivity contribution >= 4 is 12.7 Å². The van der Waals surface area contributed by atoms with Gasteiger partial charge in [0.2, 0.25) is 0 Å². The van der Waals surface area contributed by atoms with E-state index in [9.17, 15) is 0 Å². The lowest BCUT2D eigenvalue weighted by Gasteiger charge is -2.32. The van der Waals surface area contributed by atoms with Gasteiger partial charge in [-0.1, -0.05) is 6.85 Å². The number of aromatic nitrogens is 2. The van der Waals surface area contributed by atoms with Crippen molar-refractivity contribution in [2.24, 2.45) is 0 Å². The number of H-pyrrole nitrogens is 1. The Bertz CT molecular complexity index is 525. The van der Waals surface area contributed by atoms with Gasteiger partial charge in [-0.25, -0.2) is 4.98 Å². The lowest BCUT2D eigenvalue weighted by molar-refractivity contribution is 0.00578. The first-order chi connectivity index (χ1) is 9.28. The quantitative estimate of drug-likeness (QED) is 0.774. The van der Waals surface area contributed by atoms with E-state index in [1.165, 1.54) is 6.20 Å². The molecule has 1 aromatic rings. The molecule has 1 aliphatic heterocycles. The first-order valence-corrected chi connectivity index (χ1v) is 5.19. The van der Waals surface area contributed by atoms with Gasteiger partial charge in [-0.2, -0.15) is 0 Å². The molecule has 1 N–H and O–H groups in total. The Hall–Kier alpha value is -0.805. The maximum absolute atomic E-state index is 7.69. The predicted molar refractivity (Wildman–Crippen MR) is 63.7 cm³/mol. The molecule has 0 saturated carbocycles. The smallest absolute Gasteiger partial charge is 0.398 e. The molecule has 0 spiro atoms. The molecule has 1 aliphatic rings. The minimum atomic E-state index is -2.81. The SMILES string of the molecule is [2H]C([2H])([2H])C([2H])([2H])c1ncc(B2OC(C)(C)C(C)(C)O2)[nH]1. The number of nitrogens with zero attached hydrogens (tertiary/aromatic N) is 1. The average molecular weight is 227 g/mol. The summed E-state index contributed by atoms with van der Waals surface area (Å²) in [5, 5.41) is 0. The molecule has 0 aliphatic carbocycles. The van der Waals surface area contributed by atoms with Crippen molar-refractivity contribution in [3.63, 3.8) is 0 Å². The van der Waals surface area contributed by atoms with Crippen LogP contribution in [-0.2, 0) is 15.7 Å². The standard InChI is InChI=1S/C11H19BN2O2/c1-6-9-13-7-8(14-9)12-15-10(2,3)11(4,5)16-12/h7H,6H2,1-5H3,(H,13,14)/i1D3,6D2. The fraction of sp³-hybridized carbons (Fsp3) is 0.727. The highest BCUT2D eigenvalue weighted by molar-refractivity contribution is 6.61. The average Bonchev–Trinajstić information content (AvgIpc) is 2.81. The van der Waals surface area contributed by atoms with E-state index in [1.807, 2.05) is 27.7 Å². The Morgan fingerprint density at radius 3 is 2.62 bits per heavy atom. The highest BCUT2D eigenvalue weighted by atomic mass is 16.7. The second kappa shape index (κ2) is 3.60. The van der Waals surface area contributed by atoms with E-state index >= 15 is 0 Å². The molecule has 2 heterocycles. The van der Waals surface area contributed by atoms with E-state index in [1.54, 1.807) is 0 Å². The van der Waals surface area contributed by atoms with Crippen LogP contribution in [0.5, 0.6) is 0 Å². The van der Waals surface area contributed by atoms with E-state index in [0.717, 1.165) is 0 Å². The van der Waals surface area contributed by atoms with Crippen molar-refractivity contribution in [2.45, 2.75) is 52.1 Å². The Morgan fingerprint density at radius 2 is 2.06 bits per heavy atom. The van der Waals surface area contributed by atoms with Gasteiger partial charge in [0.15, 0.2) is 0 Å². The summed E-state index contributed by atoms with van der Waals surface area (Å²) in [6.07, 6.45) is -1.21. The number of hydrogen-bond acceptors (Lipinski definition) is 3. The lowest BCUT2D eigenvalue weighted by Crippen LogP contribution is -2.41. The van der Waals surface area contributed by atoms with Crippen molar-refractivity contribution in [1.82, 2.24) is 9.97 Å². The maximum Gasteiger partial charge on any atom is 0.513 e. The molecule has 16 heavy (non-hydrogen) atoms. The number of rotatable bonds is 2. The monoisotopic (exact) mass is 227 g/mol. The van der Waals surface area contributed by atoms with Gasteiger partial charge in [0.25, 0.3) is 0 Å². The zero-order valence-corrected chi connectivity index (χ0v) is 9.92. The minimum Gasteiger partial charge on any atom is -0.398 e. The summed E-state index contributed by atoms with van der Waals surface area (Å²) < 4.78 is 48.7. The molecule has 0 amide bonds. The summed E-state index contributed by atoms with van der Waals surface area (Å²) in [6, 6.07) is 0. The van der Waals surface area contributed by atoms with Crippen LogP contribution in [0.25, 0.3) is 0 Å². The van der Waals surface area contributed by atoms with Gasteiger partial charge < -0.3 is 14.3 Å². The summed E-state index contributed by atoms with van der Waals surface area (Å²) in [4.78, 5) is 6.53. The molecular formula is C11H19BN2O2. The molecule has 1 aromatic heterocycles. The third-order valence-corrected chi connectivity index (χ3v) is 3.22. The fourth-order valence-electron chi connectivity index (χ4n) is 1.49. The van der Waals surface area contributed by atoms with Crippen molar-refractivity contribution in [2.75, 3.05) is 0 Å². The van der Waals surface area contributed by atoms with Crippen LogP contribution in [0.15, 0.2) is 6.20 Å². The molecular weight excluding hydrogens is 203 g/mol. The van der Waals surface area contributed by atoms with Crippen LogP contribution >= 0.6 is 0 Å². The van der Waals surface area contributed by atoms with Crippen molar-refractivity contribution < 1.29 is 16.2 Å². The summed E-state index contributed by atoms with van der Waals surface area (Å²) in [5.74, 6) is -0.257. The highest BCUT2D eigenvalue weighted by Crippen LogP contribution is 2.36. The van der Waals surface area contributed by atoms with Crippen molar-refractivity contribution in [3.8, 4) is 0 Å². The Morgan fingerprint density at radius 1 is 1.44 bits per heavy atom. The summed E-state index contributed by atoms with van der Waals surface area (Å²) in [5.41, 5.74) is -0.672. The van der Waals surface area contributed by atoms with Crippen LogP contribution < -0.4 is 5.59 Å². The summed E-state index contributed by atoms with van der Waals surface area (Å²) >= 11 is 0. The zero-order chi connectivity index (χ0) is 16.3. The Kier molecular flexibility index (Phi) is 1.53. The number of imidazole rings is 1. The molecule has 4 nitrogen and oxygen atoms in total. The third kappa shape index (κ3) is 1.78. The van der Waals surface area contributed by atoms with E-state index in [2.05, 4.69) is 9.97 Å². The maximum atomic E-state index is 7.69. The topological polar surface area (TPSA) is 47.1 Å². The van der Waals surface area contributed by atoms with Gasteiger partial charge in [0.05, 0.1) is 16.8 Å². The Labute approximate surface area is 104 Å². The van der Waals surface area contributed by atoms with Crippen LogP contribution in [0.4, 0.5) is 0 Å². The van der Waals surface area contributed by atoms with Gasteiger partial charge in [-0.3, -0.25) is 0 Å². The van der Waals surface area contributed by atoms with Crippen LogP contribution in [0.2, 0.25) is 0 Å². The molecule has 88 valence electrons. The third-order valence-electron chi connectivity index (χ3n) is 3.22. The second-order valence-corrected chi connectivity index (χ2v) is 4.90. The van der Waals surface area contributed by atoms with Crippen LogP contribution in [0.3, 0.4) is 0 Å². The first kappa shape index (κ1) is 6.82. The molecule has 0 bridgehead atoms. The molecule has 2 rings (SSSR count). The highest BCUT2D eigenvalue weighted by Gasteiger charge is 2.52. The van der Waals surface area contributed by atoms with Gasteiger partial charge in [-0.15, -0.1) is 0 Å². The summed E-state index contributed by atoms with van der Waals surface area (Å²) in [6.45, 7) is 4.77. The van der Waals surface area contributed by atoms with Crippen molar-refractivity contribution in [3.05, 3.63) is 12.0 Å². The van der Waals surface area contributed by atoms with E-state index in [-0.39, 0.29) is 5.82 Å². The van der Waals surface area contributed by atoms with Gasteiger partial charge in [-0.05, 0) is 27.7 Å². The Balaban J connectivity index is 2.27. The molecule has 5 heteroatoms. The molecule has 1 saturated heterocycles. The first-order valence-electron chi connectivity index (χ1n) is 7.69. The molecule has 0 aromatic carbocycles. The predicted octanol–water partition coefficient (Wildman–Crippen LogP) is 1.27. The molecule has 0 unspecified atom stereocenters. The largest absolute Gasteiger partial charge is 0.513 e. The number of hydrogen-bond donors (Lipinski definition) is 1. The normalized spacial score (nSPS) is 29.0. The fourth-order valence-corrected chi connectivity index (χ4v) is 1.49. The zero-order valence-electron chi connectivity index (χ0n) is 14.9. The number of aromatic amines is 1. The molecule has 0 atom stereocenters. The van der Waals surface area contributed by atoms with Crippen LogP contribution in [0.1, 0.15) is 47.2 Å². The van der Waals surface area contributed by atoms with Crippen molar-refractivity contribution in [1.29, 1.82) is 0 Å². The van der Waals surface area contributed by atoms with E-state index in [0.29, 0.717) is 5.59 Å². The summed E-state index contributed by atoms with van der Waals surface area (Å²) in [7, 11) is -0.733. The van der Waals surface area contributed by atoms with Gasteiger partial charge >= 0.3 is 7.12 Å². The van der Waals surface area contributed by atoms with Gasteiger partial charge in [0.1, 0.15) is 5.82 Å². The van der Waals surface area contributed by atoms with Crippen LogP contribution in [-0.4, -0.2) is 28.3 Å². The van der Waals surface area contributed by atoms with Gasteiger partial charge in [0, 0.05) is 19.4 Å².